The predicted molar refractivity (Wildman–Crippen MR) is 92.4 cm³/mol. The topological polar surface area (TPSA) is 74.2 Å². The molecule has 0 amide bonds. The Morgan fingerprint density at radius 2 is 2.09 bits per heavy atom. The molecule has 0 radical (unpaired) electrons. The van der Waals surface area contributed by atoms with E-state index in [1.807, 2.05) is 5.38 Å². The first-order chi connectivity index (χ1) is 10.7. The van der Waals surface area contributed by atoms with Crippen molar-refractivity contribution in [2.75, 3.05) is 12.3 Å². The Morgan fingerprint density at radius 3 is 2.86 bits per heavy atom. The maximum Gasteiger partial charge on any atom is 0.180 e. The van der Waals surface area contributed by atoms with E-state index in [-0.39, 0.29) is 6.10 Å². The van der Waals surface area contributed by atoms with Gasteiger partial charge in [0.15, 0.2) is 5.13 Å². The summed E-state index contributed by atoms with van der Waals surface area (Å²) in [7, 11) is 0. The molecule has 0 unspecified atom stereocenters. The molecule has 0 saturated carbocycles. The highest BCUT2D eigenvalue weighted by Crippen LogP contribution is 2.43. The number of rotatable bonds is 3. The van der Waals surface area contributed by atoms with E-state index < -0.39 is 0 Å². The van der Waals surface area contributed by atoms with E-state index in [0.29, 0.717) is 11.7 Å². The van der Waals surface area contributed by atoms with Crippen molar-refractivity contribution in [2.24, 2.45) is 5.73 Å². The Labute approximate surface area is 136 Å². The van der Waals surface area contributed by atoms with E-state index in [1.54, 1.807) is 11.3 Å². The average Bonchev–Trinajstić information content (AvgIpc) is 3.24. The molecule has 2 aromatic heterocycles. The van der Waals surface area contributed by atoms with Gasteiger partial charge in [-0.05, 0) is 23.8 Å². The summed E-state index contributed by atoms with van der Waals surface area (Å²) >= 11 is 3.17. The van der Waals surface area contributed by atoms with Crippen LogP contribution in [0.3, 0.4) is 0 Å². The molecule has 1 aromatic carbocycles. The number of nitrogens with zero attached hydrogens (tertiary/aromatic N) is 1. The van der Waals surface area contributed by atoms with Crippen LogP contribution in [0.2, 0.25) is 0 Å². The normalized spacial score (nSPS) is 16.5. The van der Waals surface area contributed by atoms with Crippen molar-refractivity contribution in [1.82, 2.24) is 4.98 Å². The summed E-state index contributed by atoms with van der Waals surface area (Å²) in [6.45, 7) is 0.544. The highest BCUT2D eigenvalue weighted by atomic mass is 32.1. The Hall–Kier alpha value is -1.89. The largest absolute Gasteiger partial charge is 0.488 e. The molecule has 22 heavy (non-hydrogen) atoms. The van der Waals surface area contributed by atoms with Crippen LogP contribution in [-0.2, 0) is 6.42 Å². The number of nitrogens with two attached hydrogens (primary N) is 2. The first-order valence-electron chi connectivity index (χ1n) is 7.05. The molecule has 1 aliphatic rings. The van der Waals surface area contributed by atoms with Crippen LogP contribution in [0, 0.1) is 0 Å². The number of hydrogen-bond acceptors (Lipinski definition) is 6. The molecule has 4 nitrogen and oxygen atoms in total. The third-order valence-electron chi connectivity index (χ3n) is 3.74. The minimum absolute atomic E-state index is 0.0916. The number of nitrogen functional groups attached to an aromatic ring is 1. The second kappa shape index (κ2) is 5.39. The van der Waals surface area contributed by atoms with Gasteiger partial charge in [0.1, 0.15) is 11.9 Å². The van der Waals surface area contributed by atoms with Crippen LogP contribution in [0.1, 0.15) is 5.56 Å². The van der Waals surface area contributed by atoms with Gasteiger partial charge in [-0.25, -0.2) is 4.98 Å². The molecule has 4 rings (SSSR count). The fourth-order valence-electron chi connectivity index (χ4n) is 2.68. The third kappa shape index (κ3) is 2.29. The average molecular weight is 329 g/mol. The summed E-state index contributed by atoms with van der Waals surface area (Å²) in [5.74, 6) is 0.976. The van der Waals surface area contributed by atoms with Gasteiger partial charge < -0.3 is 16.2 Å². The first kappa shape index (κ1) is 13.8. The van der Waals surface area contributed by atoms with E-state index in [0.717, 1.165) is 28.3 Å². The summed E-state index contributed by atoms with van der Waals surface area (Å²) in [6.07, 6.45) is 0.981. The minimum Gasteiger partial charge on any atom is -0.488 e. The summed E-state index contributed by atoms with van der Waals surface area (Å²) in [4.78, 5) is 6.64. The zero-order valence-corrected chi connectivity index (χ0v) is 13.4. The lowest BCUT2D eigenvalue weighted by atomic mass is 10.1. The monoisotopic (exact) mass is 329 g/mol. The second-order valence-electron chi connectivity index (χ2n) is 5.21. The van der Waals surface area contributed by atoms with Gasteiger partial charge in [0.2, 0.25) is 0 Å². The molecule has 1 atom stereocenters. The zero-order chi connectivity index (χ0) is 15.1. The number of para-hydroxylation sites is 1. The molecule has 3 aromatic rings. The zero-order valence-electron chi connectivity index (χ0n) is 11.8. The van der Waals surface area contributed by atoms with Crippen molar-refractivity contribution in [3.8, 4) is 26.8 Å². The number of fused-ring (bicyclic) bond motifs is 1. The van der Waals surface area contributed by atoms with Crippen molar-refractivity contribution < 1.29 is 4.74 Å². The van der Waals surface area contributed by atoms with Gasteiger partial charge in [0, 0.05) is 28.8 Å². The van der Waals surface area contributed by atoms with Gasteiger partial charge in [-0.3, -0.25) is 0 Å². The van der Waals surface area contributed by atoms with E-state index in [9.17, 15) is 0 Å². The van der Waals surface area contributed by atoms with Crippen molar-refractivity contribution in [1.29, 1.82) is 0 Å². The van der Waals surface area contributed by atoms with Crippen molar-refractivity contribution in [3.05, 3.63) is 41.3 Å². The van der Waals surface area contributed by atoms with Crippen molar-refractivity contribution >= 4 is 27.8 Å². The molecule has 1 aliphatic heterocycles. The molecule has 112 valence electrons. The number of hydrogen-bond donors (Lipinski definition) is 2. The number of anilines is 1. The van der Waals surface area contributed by atoms with Gasteiger partial charge in [-0.2, -0.15) is 0 Å². The SMILES string of the molecule is NC[C@H]1Cc2cccc(-c3ccc(-c4csc(N)n4)s3)c2O1. The Morgan fingerprint density at radius 1 is 1.23 bits per heavy atom. The fourth-order valence-corrected chi connectivity index (χ4v) is 4.31. The smallest absolute Gasteiger partial charge is 0.180 e. The summed E-state index contributed by atoms with van der Waals surface area (Å²) in [5.41, 5.74) is 14.8. The molecular weight excluding hydrogens is 314 g/mol. The van der Waals surface area contributed by atoms with E-state index in [1.165, 1.54) is 21.8 Å². The van der Waals surface area contributed by atoms with Crippen LogP contribution in [0.15, 0.2) is 35.7 Å². The molecule has 0 aliphatic carbocycles. The van der Waals surface area contributed by atoms with Crippen LogP contribution < -0.4 is 16.2 Å². The van der Waals surface area contributed by atoms with Crippen LogP contribution in [-0.4, -0.2) is 17.6 Å². The lowest BCUT2D eigenvalue weighted by Gasteiger charge is -2.09. The highest BCUT2D eigenvalue weighted by molar-refractivity contribution is 7.19. The Bertz CT molecular complexity index is 824. The first-order valence-corrected chi connectivity index (χ1v) is 8.74. The standard InChI is InChI=1S/C16H15N3OS2/c17-7-10-6-9-2-1-3-11(15(9)20-10)13-4-5-14(22-13)12-8-21-16(18)19-12/h1-5,8,10H,6-7,17H2,(H2,18,19)/t10-/m1/s1. The summed E-state index contributed by atoms with van der Waals surface area (Å²) in [5, 5.41) is 2.58. The number of aromatic nitrogens is 1. The summed E-state index contributed by atoms with van der Waals surface area (Å²) < 4.78 is 6.01. The van der Waals surface area contributed by atoms with Crippen LogP contribution in [0.4, 0.5) is 5.13 Å². The quantitative estimate of drug-likeness (QED) is 0.772. The fraction of sp³-hybridized carbons (Fsp3) is 0.188. The third-order valence-corrected chi connectivity index (χ3v) is 5.55. The summed E-state index contributed by atoms with van der Waals surface area (Å²) in [6, 6.07) is 10.5. The number of thiophene rings is 1. The number of thiazole rings is 1. The van der Waals surface area contributed by atoms with Gasteiger partial charge in [-0.15, -0.1) is 22.7 Å². The molecule has 0 spiro atoms. The van der Waals surface area contributed by atoms with E-state index >= 15 is 0 Å². The molecule has 0 fully saturated rings. The van der Waals surface area contributed by atoms with E-state index in [2.05, 4.69) is 35.3 Å². The lowest BCUT2D eigenvalue weighted by molar-refractivity contribution is 0.242. The van der Waals surface area contributed by atoms with Crippen LogP contribution >= 0.6 is 22.7 Å². The van der Waals surface area contributed by atoms with Gasteiger partial charge in [0.05, 0.1) is 10.6 Å². The molecular formula is C16H15N3OS2. The number of benzene rings is 1. The molecule has 3 heterocycles. The van der Waals surface area contributed by atoms with Crippen molar-refractivity contribution in [2.45, 2.75) is 12.5 Å². The maximum absolute atomic E-state index is 6.01. The minimum atomic E-state index is 0.0916. The van der Waals surface area contributed by atoms with Crippen LogP contribution in [0.5, 0.6) is 5.75 Å². The molecule has 0 saturated heterocycles. The predicted octanol–water partition coefficient (Wildman–Crippen LogP) is 3.38. The molecule has 4 N–H and O–H groups in total. The Balaban J connectivity index is 1.72. The Kier molecular flexibility index (Phi) is 3.37. The maximum atomic E-state index is 6.01. The van der Waals surface area contributed by atoms with Gasteiger partial charge in [0.25, 0.3) is 0 Å². The second-order valence-corrected chi connectivity index (χ2v) is 7.18. The van der Waals surface area contributed by atoms with Gasteiger partial charge >= 0.3 is 0 Å². The number of ether oxygens (including phenoxy) is 1. The van der Waals surface area contributed by atoms with E-state index in [4.69, 9.17) is 16.2 Å². The lowest BCUT2D eigenvalue weighted by Crippen LogP contribution is -2.24. The molecule has 6 heteroatoms. The highest BCUT2D eigenvalue weighted by Gasteiger charge is 2.25. The molecule has 0 bridgehead atoms. The van der Waals surface area contributed by atoms with Crippen molar-refractivity contribution in [3.63, 3.8) is 0 Å². The van der Waals surface area contributed by atoms with Crippen LogP contribution in [0.25, 0.3) is 21.0 Å². The van der Waals surface area contributed by atoms with Gasteiger partial charge in [-0.1, -0.05) is 12.1 Å².